The summed E-state index contributed by atoms with van der Waals surface area (Å²) in [5.74, 6) is -0.750. The van der Waals surface area contributed by atoms with E-state index in [1.165, 1.54) is 0 Å². The molecular formula is C28H36N2O6. The van der Waals surface area contributed by atoms with Gasteiger partial charge in [-0.1, -0.05) is 65.8 Å². The first kappa shape index (κ1) is 28.9. The van der Waals surface area contributed by atoms with Gasteiger partial charge in [-0.05, 0) is 24.3 Å². The molecule has 0 unspecified atom stereocenters. The summed E-state index contributed by atoms with van der Waals surface area (Å²) in [4.78, 5) is 49.1. The SMILES string of the molecule is CC(C)(C)C(=O)c1cccc(NC(=O)COCCOCC(=O)Nc2cccc(C(=O)C(C)(C)C)c2)c1. The van der Waals surface area contributed by atoms with E-state index in [1.54, 1.807) is 48.5 Å². The Labute approximate surface area is 212 Å². The van der Waals surface area contributed by atoms with Crippen LogP contribution in [0.3, 0.4) is 0 Å². The maximum absolute atomic E-state index is 12.4. The van der Waals surface area contributed by atoms with Gasteiger partial charge in [0, 0.05) is 33.3 Å². The van der Waals surface area contributed by atoms with Gasteiger partial charge in [-0.3, -0.25) is 19.2 Å². The molecule has 0 saturated heterocycles. The summed E-state index contributed by atoms with van der Waals surface area (Å²) in [6.07, 6.45) is 0. The molecule has 2 N–H and O–H groups in total. The van der Waals surface area contributed by atoms with Gasteiger partial charge in [0.05, 0.1) is 13.2 Å². The van der Waals surface area contributed by atoms with Crippen molar-refractivity contribution in [3.8, 4) is 0 Å². The van der Waals surface area contributed by atoms with Gasteiger partial charge < -0.3 is 20.1 Å². The third-order valence-electron chi connectivity index (χ3n) is 5.02. The van der Waals surface area contributed by atoms with Crippen LogP contribution in [0, 0.1) is 10.8 Å². The van der Waals surface area contributed by atoms with Crippen molar-refractivity contribution in [3.63, 3.8) is 0 Å². The van der Waals surface area contributed by atoms with Crippen molar-refractivity contribution in [1.29, 1.82) is 0 Å². The highest BCUT2D eigenvalue weighted by molar-refractivity contribution is 6.02. The molecule has 0 aliphatic carbocycles. The summed E-state index contributed by atoms with van der Waals surface area (Å²) in [6, 6.07) is 13.6. The van der Waals surface area contributed by atoms with Crippen molar-refractivity contribution in [1.82, 2.24) is 0 Å². The lowest BCUT2D eigenvalue weighted by atomic mass is 9.86. The highest BCUT2D eigenvalue weighted by atomic mass is 16.5. The Balaban J connectivity index is 1.69. The Kier molecular flexibility index (Phi) is 10.1. The number of carbonyl (C=O) groups is 4. The maximum Gasteiger partial charge on any atom is 0.250 e. The van der Waals surface area contributed by atoms with Crippen molar-refractivity contribution in [2.24, 2.45) is 10.8 Å². The first-order valence-corrected chi connectivity index (χ1v) is 11.8. The van der Waals surface area contributed by atoms with E-state index in [-0.39, 0.29) is 49.8 Å². The number of rotatable bonds is 11. The van der Waals surface area contributed by atoms with Gasteiger partial charge >= 0.3 is 0 Å². The molecule has 0 heterocycles. The lowest BCUT2D eigenvalue weighted by Gasteiger charge is -2.17. The predicted molar refractivity (Wildman–Crippen MR) is 139 cm³/mol. The van der Waals surface area contributed by atoms with E-state index in [2.05, 4.69) is 10.6 Å². The van der Waals surface area contributed by atoms with Crippen LogP contribution < -0.4 is 10.6 Å². The third-order valence-corrected chi connectivity index (χ3v) is 5.02. The van der Waals surface area contributed by atoms with Crippen molar-refractivity contribution in [2.75, 3.05) is 37.1 Å². The standard InChI is InChI=1S/C28H36N2O6/c1-27(2,3)25(33)19-9-7-11-21(15-19)29-23(31)17-35-13-14-36-18-24(32)30-22-12-8-10-20(16-22)26(34)28(4,5)6/h7-12,15-16H,13-14,17-18H2,1-6H3,(H,29,31)(H,30,32). The molecule has 0 atom stereocenters. The fourth-order valence-corrected chi connectivity index (χ4v) is 3.18. The zero-order valence-corrected chi connectivity index (χ0v) is 21.9. The average Bonchev–Trinajstić information content (AvgIpc) is 2.79. The topological polar surface area (TPSA) is 111 Å². The number of hydrogen-bond acceptors (Lipinski definition) is 6. The number of anilines is 2. The van der Waals surface area contributed by atoms with E-state index in [1.807, 2.05) is 41.5 Å². The Hall–Kier alpha value is -3.36. The second kappa shape index (κ2) is 12.6. The number of Topliss-reactive ketones (excluding diaryl/α,β-unsaturated/α-hetero) is 2. The molecule has 2 aromatic rings. The molecule has 2 aromatic carbocycles. The quantitative estimate of drug-likeness (QED) is 0.343. The molecule has 0 aliphatic rings. The molecule has 0 radical (unpaired) electrons. The van der Waals surface area contributed by atoms with Gasteiger partial charge in [-0.15, -0.1) is 0 Å². The fourth-order valence-electron chi connectivity index (χ4n) is 3.18. The second-order valence-corrected chi connectivity index (χ2v) is 10.5. The highest BCUT2D eigenvalue weighted by Gasteiger charge is 2.24. The normalized spacial score (nSPS) is 11.6. The Morgan fingerprint density at radius 3 is 1.33 bits per heavy atom. The van der Waals surface area contributed by atoms with Gasteiger partial charge in [0.2, 0.25) is 11.8 Å². The van der Waals surface area contributed by atoms with Crippen LogP contribution >= 0.6 is 0 Å². The lowest BCUT2D eigenvalue weighted by Crippen LogP contribution is -2.23. The number of carbonyl (C=O) groups excluding carboxylic acids is 4. The van der Waals surface area contributed by atoms with E-state index in [9.17, 15) is 19.2 Å². The summed E-state index contributed by atoms with van der Waals surface area (Å²) >= 11 is 0. The molecular weight excluding hydrogens is 460 g/mol. The van der Waals surface area contributed by atoms with Crippen molar-refractivity contribution >= 4 is 34.8 Å². The second-order valence-electron chi connectivity index (χ2n) is 10.5. The number of ketones is 2. The van der Waals surface area contributed by atoms with Crippen molar-refractivity contribution < 1.29 is 28.7 Å². The van der Waals surface area contributed by atoms with E-state index in [0.29, 0.717) is 22.5 Å². The zero-order valence-electron chi connectivity index (χ0n) is 21.9. The molecule has 0 spiro atoms. The molecule has 8 nitrogen and oxygen atoms in total. The number of amides is 2. The fraction of sp³-hybridized carbons (Fsp3) is 0.429. The number of benzene rings is 2. The summed E-state index contributed by atoms with van der Waals surface area (Å²) in [6.45, 7) is 10.9. The van der Waals surface area contributed by atoms with Gasteiger partial charge in [-0.2, -0.15) is 0 Å². The van der Waals surface area contributed by atoms with E-state index < -0.39 is 10.8 Å². The predicted octanol–water partition coefficient (Wildman–Crippen LogP) is 4.75. The van der Waals surface area contributed by atoms with Gasteiger partial charge in [0.15, 0.2) is 11.6 Å². The van der Waals surface area contributed by atoms with Crippen LogP contribution in [-0.4, -0.2) is 49.8 Å². The van der Waals surface area contributed by atoms with E-state index in [4.69, 9.17) is 9.47 Å². The summed E-state index contributed by atoms with van der Waals surface area (Å²) < 4.78 is 10.6. The molecule has 0 saturated carbocycles. The van der Waals surface area contributed by atoms with Gasteiger partial charge in [0.25, 0.3) is 0 Å². The Morgan fingerprint density at radius 2 is 1.00 bits per heavy atom. The molecule has 8 heteroatoms. The molecule has 0 aromatic heterocycles. The number of hydrogen-bond donors (Lipinski definition) is 2. The molecule has 2 amide bonds. The van der Waals surface area contributed by atoms with Crippen molar-refractivity contribution in [3.05, 3.63) is 59.7 Å². The average molecular weight is 497 g/mol. The van der Waals surface area contributed by atoms with E-state index >= 15 is 0 Å². The van der Waals surface area contributed by atoms with Crippen molar-refractivity contribution in [2.45, 2.75) is 41.5 Å². The number of ether oxygens (including phenoxy) is 2. The van der Waals surface area contributed by atoms with Crippen LogP contribution in [0.1, 0.15) is 62.3 Å². The number of nitrogens with one attached hydrogen (secondary N) is 2. The van der Waals surface area contributed by atoms with Gasteiger partial charge in [0.1, 0.15) is 13.2 Å². The van der Waals surface area contributed by atoms with Crippen LogP contribution in [0.15, 0.2) is 48.5 Å². The van der Waals surface area contributed by atoms with Crippen LogP contribution in [-0.2, 0) is 19.1 Å². The molecule has 2 rings (SSSR count). The molecule has 194 valence electrons. The Bertz CT molecular complexity index is 1010. The summed E-state index contributed by atoms with van der Waals surface area (Å²) in [7, 11) is 0. The third kappa shape index (κ3) is 9.36. The first-order chi connectivity index (χ1) is 16.8. The zero-order chi connectivity index (χ0) is 26.9. The molecule has 0 bridgehead atoms. The van der Waals surface area contributed by atoms with Crippen LogP contribution in [0.4, 0.5) is 11.4 Å². The largest absolute Gasteiger partial charge is 0.369 e. The molecule has 0 fully saturated rings. The summed E-state index contributed by atoms with van der Waals surface area (Å²) in [5.41, 5.74) is 1.05. The highest BCUT2D eigenvalue weighted by Crippen LogP contribution is 2.23. The van der Waals surface area contributed by atoms with Crippen LogP contribution in [0.2, 0.25) is 0 Å². The molecule has 0 aliphatic heterocycles. The maximum atomic E-state index is 12.4. The first-order valence-electron chi connectivity index (χ1n) is 11.8. The minimum Gasteiger partial charge on any atom is -0.369 e. The monoisotopic (exact) mass is 496 g/mol. The smallest absolute Gasteiger partial charge is 0.250 e. The Morgan fingerprint density at radius 1 is 0.639 bits per heavy atom. The van der Waals surface area contributed by atoms with Gasteiger partial charge in [-0.25, -0.2) is 0 Å². The molecule has 36 heavy (non-hydrogen) atoms. The lowest BCUT2D eigenvalue weighted by molar-refractivity contribution is -0.124. The minimum atomic E-state index is -0.516. The van der Waals surface area contributed by atoms with Crippen LogP contribution in [0.5, 0.6) is 0 Å². The van der Waals surface area contributed by atoms with Crippen LogP contribution in [0.25, 0.3) is 0 Å². The summed E-state index contributed by atoms with van der Waals surface area (Å²) in [5, 5.41) is 5.40. The van der Waals surface area contributed by atoms with E-state index in [0.717, 1.165) is 0 Å². The minimum absolute atomic E-state index is 0.0119.